The van der Waals surface area contributed by atoms with Gasteiger partial charge in [-0.15, -0.1) is 0 Å². The predicted molar refractivity (Wildman–Crippen MR) is 152 cm³/mol. The molecule has 0 spiro atoms. The number of carbonyl (C=O) groups is 2. The van der Waals surface area contributed by atoms with Crippen LogP contribution in [0.25, 0.3) is 10.8 Å². The van der Waals surface area contributed by atoms with E-state index in [1.54, 1.807) is 0 Å². The van der Waals surface area contributed by atoms with Gasteiger partial charge in [0.25, 0.3) is 0 Å². The predicted octanol–water partition coefficient (Wildman–Crippen LogP) is 3.49. The Morgan fingerprint density at radius 2 is 0.921 bits per heavy atom. The number of amides is 2. The Labute approximate surface area is 223 Å². The van der Waals surface area contributed by atoms with E-state index in [0.29, 0.717) is 39.0 Å². The number of benzene rings is 4. The normalized spacial score (nSPS) is 19.2. The lowest BCUT2D eigenvalue weighted by atomic mass is 9.98. The fourth-order valence-electron chi connectivity index (χ4n) is 5.03. The van der Waals surface area contributed by atoms with Gasteiger partial charge in [-0.3, -0.25) is 9.59 Å². The van der Waals surface area contributed by atoms with E-state index in [2.05, 4.69) is 45.5 Å². The smallest absolute Gasteiger partial charge is 0.237 e. The second-order valence-corrected chi connectivity index (χ2v) is 9.76. The first-order chi connectivity index (χ1) is 18.7. The third-order valence-electron chi connectivity index (χ3n) is 7.10. The first kappa shape index (κ1) is 25.6. The van der Waals surface area contributed by atoms with Gasteiger partial charge in [0, 0.05) is 26.2 Å². The van der Waals surface area contributed by atoms with Crippen LogP contribution in [0, 0.1) is 0 Å². The average molecular weight is 507 g/mol. The lowest BCUT2D eigenvalue weighted by Gasteiger charge is -2.22. The molecule has 5 rings (SSSR count). The molecule has 2 atom stereocenters. The van der Waals surface area contributed by atoms with E-state index in [4.69, 9.17) is 0 Å². The van der Waals surface area contributed by atoms with Gasteiger partial charge in [-0.1, -0.05) is 97.1 Å². The van der Waals surface area contributed by atoms with Gasteiger partial charge in [0.2, 0.25) is 11.8 Å². The van der Waals surface area contributed by atoms with Gasteiger partial charge in [-0.05, 0) is 45.9 Å². The molecular weight excluding hydrogens is 472 g/mol. The maximum atomic E-state index is 13.2. The molecule has 0 fully saturated rings. The molecule has 2 bridgehead atoms. The Morgan fingerprint density at radius 1 is 0.526 bits per heavy atom. The lowest BCUT2D eigenvalue weighted by molar-refractivity contribution is -0.125. The number of fused-ring (bicyclic) bond motifs is 6. The highest BCUT2D eigenvalue weighted by molar-refractivity contribution is 5.89. The fourth-order valence-corrected chi connectivity index (χ4v) is 5.03. The van der Waals surface area contributed by atoms with Gasteiger partial charge < -0.3 is 21.3 Å². The summed E-state index contributed by atoms with van der Waals surface area (Å²) in [5.74, 6) is -0.148. The first-order valence-electron chi connectivity index (χ1n) is 13.3. The highest BCUT2D eigenvalue weighted by Crippen LogP contribution is 2.23. The van der Waals surface area contributed by atoms with Gasteiger partial charge in [-0.2, -0.15) is 0 Å². The molecule has 1 aliphatic rings. The van der Waals surface area contributed by atoms with Gasteiger partial charge >= 0.3 is 0 Å². The summed E-state index contributed by atoms with van der Waals surface area (Å²) >= 11 is 0. The zero-order valence-electron chi connectivity index (χ0n) is 21.5. The Hall–Kier alpha value is -4.00. The van der Waals surface area contributed by atoms with Gasteiger partial charge in [0.05, 0.1) is 12.1 Å². The Bertz CT molecular complexity index is 1270. The molecule has 38 heavy (non-hydrogen) atoms. The van der Waals surface area contributed by atoms with Crippen LogP contribution in [-0.2, 0) is 35.5 Å². The van der Waals surface area contributed by atoms with Gasteiger partial charge in [0.15, 0.2) is 0 Å². The molecule has 0 saturated heterocycles. The number of hydrogen-bond donors (Lipinski definition) is 4. The van der Waals surface area contributed by atoms with Crippen LogP contribution < -0.4 is 21.3 Å². The fraction of sp³-hybridized carbons (Fsp3) is 0.250. The molecule has 4 N–H and O–H groups in total. The van der Waals surface area contributed by atoms with E-state index in [-0.39, 0.29) is 11.8 Å². The minimum absolute atomic E-state index is 0.0740. The highest BCUT2D eigenvalue weighted by atomic mass is 16.2. The molecule has 4 aromatic rings. The van der Waals surface area contributed by atoms with Crippen LogP contribution in [0.2, 0.25) is 0 Å². The summed E-state index contributed by atoms with van der Waals surface area (Å²) in [6.07, 6.45) is 1.16. The standard InChI is InChI=1S/C32H34N4O2/c37-31-29(19-23-9-3-1-4-10-23)35-21-25-15-16-26(28-14-8-7-13-27(25)28)22-36-30(32(38)34-18-17-33-31)20-24-11-5-2-6-12-24/h1-16,29-30,35-36H,17-22H2,(H,33,37)(H,34,38)/t29-,30-/m0/s1. The van der Waals surface area contributed by atoms with Crippen molar-refractivity contribution in [3.63, 3.8) is 0 Å². The molecule has 0 saturated carbocycles. The van der Waals surface area contributed by atoms with Crippen LogP contribution in [-0.4, -0.2) is 37.0 Å². The molecule has 194 valence electrons. The minimum Gasteiger partial charge on any atom is -0.353 e. The maximum absolute atomic E-state index is 13.2. The summed E-state index contributed by atoms with van der Waals surface area (Å²) in [4.78, 5) is 26.4. The quantitative estimate of drug-likeness (QED) is 0.342. The van der Waals surface area contributed by atoms with Crippen LogP contribution in [0.3, 0.4) is 0 Å². The number of nitrogens with one attached hydrogen (secondary N) is 4. The van der Waals surface area contributed by atoms with Crippen LogP contribution >= 0.6 is 0 Å². The summed E-state index contributed by atoms with van der Waals surface area (Å²) < 4.78 is 0. The molecule has 1 aliphatic heterocycles. The molecule has 0 aromatic heterocycles. The van der Waals surface area contributed by atoms with Crippen molar-refractivity contribution in [2.45, 2.75) is 38.0 Å². The van der Waals surface area contributed by atoms with Gasteiger partial charge in [0.1, 0.15) is 0 Å². The third-order valence-corrected chi connectivity index (χ3v) is 7.10. The highest BCUT2D eigenvalue weighted by Gasteiger charge is 2.22. The van der Waals surface area contributed by atoms with Crippen molar-refractivity contribution in [3.8, 4) is 0 Å². The van der Waals surface area contributed by atoms with Crippen LogP contribution in [0.4, 0.5) is 0 Å². The second kappa shape index (κ2) is 12.5. The Morgan fingerprint density at radius 3 is 1.34 bits per heavy atom. The third kappa shape index (κ3) is 6.46. The summed E-state index contributed by atoms with van der Waals surface area (Å²) in [6, 6.07) is 31.9. The topological polar surface area (TPSA) is 82.3 Å². The molecule has 4 aromatic carbocycles. The summed E-state index contributed by atoms with van der Waals surface area (Å²) in [7, 11) is 0. The van der Waals surface area contributed by atoms with Gasteiger partial charge in [-0.25, -0.2) is 0 Å². The van der Waals surface area contributed by atoms with E-state index in [0.717, 1.165) is 33.0 Å². The number of rotatable bonds is 4. The Balaban J connectivity index is 1.43. The van der Waals surface area contributed by atoms with E-state index in [9.17, 15) is 9.59 Å². The molecule has 6 nitrogen and oxygen atoms in total. The van der Waals surface area contributed by atoms with Crippen molar-refractivity contribution in [1.29, 1.82) is 0 Å². The SMILES string of the molecule is O=C1NCCNC(=O)[C@H](Cc2ccccc2)NCc2ccc(c3ccccc23)CN[C@H]1Cc1ccccc1. The Kier molecular flexibility index (Phi) is 8.43. The van der Waals surface area contributed by atoms with E-state index >= 15 is 0 Å². The van der Waals surface area contributed by atoms with Crippen molar-refractivity contribution >= 4 is 22.6 Å². The van der Waals surface area contributed by atoms with E-state index in [1.807, 2.05) is 72.8 Å². The van der Waals surface area contributed by atoms with Crippen molar-refractivity contribution in [2.75, 3.05) is 13.1 Å². The molecule has 0 unspecified atom stereocenters. The monoisotopic (exact) mass is 506 g/mol. The van der Waals surface area contributed by atoms with Crippen LogP contribution in [0.5, 0.6) is 0 Å². The second-order valence-electron chi connectivity index (χ2n) is 9.76. The van der Waals surface area contributed by atoms with Crippen molar-refractivity contribution < 1.29 is 9.59 Å². The van der Waals surface area contributed by atoms with E-state index < -0.39 is 12.1 Å². The molecule has 0 radical (unpaired) electrons. The van der Waals surface area contributed by atoms with Crippen molar-refractivity contribution in [2.24, 2.45) is 0 Å². The first-order valence-corrected chi connectivity index (χ1v) is 13.3. The number of carbonyl (C=O) groups excluding carboxylic acids is 2. The minimum atomic E-state index is -0.396. The van der Waals surface area contributed by atoms with Crippen molar-refractivity contribution in [1.82, 2.24) is 21.3 Å². The molecule has 1 heterocycles. The summed E-state index contributed by atoms with van der Waals surface area (Å²) in [5.41, 5.74) is 4.47. The van der Waals surface area contributed by atoms with Crippen LogP contribution in [0.1, 0.15) is 22.3 Å². The zero-order valence-corrected chi connectivity index (χ0v) is 21.5. The van der Waals surface area contributed by atoms with E-state index in [1.165, 1.54) is 0 Å². The summed E-state index contributed by atoms with van der Waals surface area (Å²) in [6.45, 7) is 1.89. The largest absolute Gasteiger partial charge is 0.353 e. The zero-order chi connectivity index (χ0) is 26.2. The number of hydrogen-bond acceptors (Lipinski definition) is 4. The van der Waals surface area contributed by atoms with Crippen molar-refractivity contribution in [3.05, 3.63) is 119 Å². The molecule has 2 amide bonds. The molecule has 0 aliphatic carbocycles. The van der Waals surface area contributed by atoms with Crippen LogP contribution in [0.15, 0.2) is 97.1 Å². The lowest BCUT2D eigenvalue weighted by Crippen LogP contribution is -2.49. The molecular formula is C32H34N4O2. The summed E-state index contributed by atoms with van der Waals surface area (Å²) in [5, 5.41) is 15.3. The maximum Gasteiger partial charge on any atom is 0.237 e. The molecule has 6 heteroatoms. The average Bonchev–Trinajstić information content (AvgIpc) is 2.96.